The van der Waals surface area contributed by atoms with Crippen molar-refractivity contribution in [2.45, 2.75) is 32.8 Å². The van der Waals surface area contributed by atoms with Crippen LogP contribution in [0.4, 0.5) is 0 Å². The molecule has 0 fully saturated rings. The summed E-state index contributed by atoms with van der Waals surface area (Å²) in [5.74, 6) is -0.455. The Morgan fingerprint density at radius 1 is 1.67 bits per heavy atom. The lowest BCUT2D eigenvalue weighted by molar-refractivity contribution is -0.146. The number of carbonyl (C=O) groups excluding carboxylic acids is 1. The summed E-state index contributed by atoms with van der Waals surface area (Å²) in [6, 6.07) is 0. The third kappa shape index (κ3) is 4.13. The number of hydrogen-bond acceptors (Lipinski definition) is 3. The summed E-state index contributed by atoms with van der Waals surface area (Å²) in [4.78, 5) is 10.9. The third-order valence-electron chi connectivity index (χ3n) is 1.62. The molecule has 0 saturated carbocycles. The van der Waals surface area contributed by atoms with Crippen molar-refractivity contribution in [1.82, 2.24) is 0 Å². The summed E-state index contributed by atoms with van der Waals surface area (Å²) < 4.78 is 4.77. The van der Waals surface area contributed by atoms with E-state index in [1.165, 1.54) is 0 Å². The molecular weight excluding hydrogens is 156 g/mol. The smallest absolute Gasteiger partial charge is 0.333 e. The molecule has 1 unspecified atom stereocenters. The molecule has 0 amide bonds. The van der Waals surface area contributed by atoms with Gasteiger partial charge in [0.05, 0.1) is 5.60 Å². The number of carbonyl (C=O) groups is 1. The van der Waals surface area contributed by atoms with Crippen LogP contribution >= 0.6 is 0 Å². The molecule has 1 atom stereocenters. The second kappa shape index (κ2) is 4.26. The summed E-state index contributed by atoms with van der Waals surface area (Å²) >= 11 is 0. The van der Waals surface area contributed by atoms with Gasteiger partial charge in [0.1, 0.15) is 6.61 Å². The van der Waals surface area contributed by atoms with Crippen LogP contribution in [0.1, 0.15) is 27.2 Å². The van der Waals surface area contributed by atoms with Gasteiger partial charge in [-0.2, -0.15) is 0 Å². The molecular formula is C9H16O3. The number of hydrogen-bond donors (Lipinski definition) is 1. The van der Waals surface area contributed by atoms with Crippen molar-refractivity contribution in [2.75, 3.05) is 6.61 Å². The van der Waals surface area contributed by atoms with Crippen LogP contribution in [0.5, 0.6) is 0 Å². The molecule has 70 valence electrons. The third-order valence-corrected chi connectivity index (χ3v) is 1.62. The fourth-order valence-corrected chi connectivity index (χ4v) is 0.446. The first-order chi connectivity index (χ1) is 5.39. The van der Waals surface area contributed by atoms with Gasteiger partial charge < -0.3 is 9.84 Å². The first kappa shape index (κ1) is 11.2. The minimum atomic E-state index is -0.925. The summed E-state index contributed by atoms with van der Waals surface area (Å²) in [5.41, 5.74) is -0.577. The topological polar surface area (TPSA) is 46.5 Å². The molecule has 0 aromatic rings. The Morgan fingerprint density at radius 2 is 2.17 bits per heavy atom. The molecule has 3 nitrogen and oxygen atoms in total. The van der Waals surface area contributed by atoms with Crippen LogP contribution < -0.4 is 0 Å². The van der Waals surface area contributed by atoms with E-state index in [1.54, 1.807) is 13.8 Å². The molecule has 0 bridgehead atoms. The van der Waals surface area contributed by atoms with Crippen molar-refractivity contribution < 1.29 is 14.6 Å². The standard InChI is InChI=1S/C9H16O3/c1-5-9(4,11)6-12-8(10)7(2)3/h11H,2,5-6H2,1,3-4H3. The molecule has 0 heterocycles. The van der Waals surface area contributed by atoms with Crippen LogP contribution in [0, 0.1) is 0 Å². The molecule has 0 saturated heterocycles. The maximum Gasteiger partial charge on any atom is 0.333 e. The van der Waals surface area contributed by atoms with Crippen molar-refractivity contribution >= 4 is 5.97 Å². The predicted octanol–water partition coefficient (Wildman–Crippen LogP) is 1.27. The quantitative estimate of drug-likeness (QED) is 0.513. The van der Waals surface area contributed by atoms with Gasteiger partial charge in [0.2, 0.25) is 0 Å². The lowest BCUT2D eigenvalue weighted by Crippen LogP contribution is -2.31. The molecule has 0 spiro atoms. The largest absolute Gasteiger partial charge is 0.459 e. The van der Waals surface area contributed by atoms with E-state index >= 15 is 0 Å². The molecule has 1 N–H and O–H groups in total. The second-order valence-corrected chi connectivity index (χ2v) is 3.21. The van der Waals surface area contributed by atoms with E-state index in [-0.39, 0.29) is 6.61 Å². The van der Waals surface area contributed by atoms with Gasteiger partial charge in [-0.05, 0) is 20.3 Å². The Morgan fingerprint density at radius 3 is 2.50 bits per heavy atom. The molecule has 12 heavy (non-hydrogen) atoms. The molecule has 0 radical (unpaired) electrons. The molecule has 0 aliphatic carbocycles. The monoisotopic (exact) mass is 172 g/mol. The van der Waals surface area contributed by atoms with Gasteiger partial charge in [0, 0.05) is 5.57 Å². The lowest BCUT2D eigenvalue weighted by Gasteiger charge is -2.20. The summed E-state index contributed by atoms with van der Waals surface area (Å²) in [5, 5.41) is 9.45. The van der Waals surface area contributed by atoms with Gasteiger partial charge in [0.25, 0.3) is 0 Å². The number of ether oxygens (including phenoxy) is 1. The molecule has 3 heteroatoms. The van der Waals surface area contributed by atoms with E-state index in [1.807, 2.05) is 6.92 Å². The van der Waals surface area contributed by atoms with E-state index in [4.69, 9.17) is 4.74 Å². The number of aliphatic hydroxyl groups is 1. The predicted molar refractivity (Wildman–Crippen MR) is 46.7 cm³/mol. The van der Waals surface area contributed by atoms with Gasteiger partial charge in [-0.1, -0.05) is 13.5 Å². The van der Waals surface area contributed by atoms with Crippen molar-refractivity contribution in [1.29, 1.82) is 0 Å². The van der Waals surface area contributed by atoms with Crippen LogP contribution in [0.3, 0.4) is 0 Å². The highest BCUT2D eigenvalue weighted by Crippen LogP contribution is 2.09. The zero-order chi connectivity index (χ0) is 9.78. The van der Waals surface area contributed by atoms with E-state index in [2.05, 4.69) is 6.58 Å². The fourth-order valence-electron chi connectivity index (χ4n) is 0.446. The summed E-state index contributed by atoms with van der Waals surface area (Å²) in [6.45, 7) is 8.47. The Hall–Kier alpha value is -0.830. The van der Waals surface area contributed by atoms with Gasteiger partial charge in [0.15, 0.2) is 0 Å². The van der Waals surface area contributed by atoms with Crippen LogP contribution in [0.25, 0.3) is 0 Å². The fraction of sp³-hybridized carbons (Fsp3) is 0.667. The zero-order valence-corrected chi connectivity index (χ0v) is 7.89. The maximum absolute atomic E-state index is 10.9. The normalized spacial score (nSPS) is 15.0. The van der Waals surface area contributed by atoms with E-state index < -0.39 is 11.6 Å². The highest BCUT2D eigenvalue weighted by molar-refractivity contribution is 5.86. The van der Waals surface area contributed by atoms with Gasteiger partial charge in [-0.25, -0.2) is 4.79 Å². The van der Waals surface area contributed by atoms with Gasteiger partial charge >= 0.3 is 5.97 Å². The molecule has 0 aromatic carbocycles. The summed E-state index contributed by atoms with van der Waals surface area (Å²) in [7, 11) is 0. The molecule has 0 aliphatic heterocycles. The zero-order valence-electron chi connectivity index (χ0n) is 7.89. The lowest BCUT2D eigenvalue weighted by atomic mass is 10.1. The molecule has 0 aliphatic rings. The molecule has 0 aromatic heterocycles. The van der Waals surface area contributed by atoms with Crippen LogP contribution in [0.15, 0.2) is 12.2 Å². The van der Waals surface area contributed by atoms with E-state index in [9.17, 15) is 9.90 Å². The Kier molecular flexibility index (Phi) is 3.96. The van der Waals surface area contributed by atoms with Crippen LogP contribution in [-0.4, -0.2) is 23.3 Å². The van der Waals surface area contributed by atoms with Crippen LogP contribution in [-0.2, 0) is 9.53 Å². The second-order valence-electron chi connectivity index (χ2n) is 3.21. The molecule has 0 rings (SSSR count). The number of esters is 1. The number of rotatable bonds is 4. The SMILES string of the molecule is C=C(C)C(=O)OCC(C)(O)CC. The minimum Gasteiger partial charge on any atom is -0.459 e. The van der Waals surface area contributed by atoms with Gasteiger partial charge in [-0.15, -0.1) is 0 Å². The van der Waals surface area contributed by atoms with E-state index in [0.29, 0.717) is 12.0 Å². The van der Waals surface area contributed by atoms with E-state index in [0.717, 1.165) is 0 Å². The average Bonchev–Trinajstić information content (AvgIpc) is 2.00. The minimum absolute atomic E-state index is 0.0230. The highest BCUT2D eigenvalue weighted by atomic mass is 16.5. The van der Waals surface area contributed by atoms with Crippen molar-refractivity contribution in [3.05, 3.63) is 12.2 Å². The summed E-state index contributed by atoms with van der Waals surface area (Å²) in [6.07, 6.45) is 0.552. The van der Waals surface area contributed by atoms with Gasteiger partial charge in [-0.3, -0.25) is 0 Å². The Labute approximate surface area is 73.0 Å². The Balaban J connectivity index is 3.83. The van der Waals surface area contributed by atoms with Crippen molar-refractivity contribution in [2.24, 2.45) is 0 Å². The average molecular weight is 172 g/mol. The maximum atomic E-state index is 10.9. The van der Waals surface area contributed by atoms with Crippen molar-refractivity contribution in [3.8, 4) is 0 Å². The highest BCUT2D eigenvalue weighted by Gasteiger charge is 2.19. The Bertz CT molecular complexity index is 182. The first-order valence-corrected chi connectivity index (χ1v) is 3.94. The van der Waals surface area contributed by atoms with Crippen LogP contribution in [0.2, 0.25) is 0 Å². The first-order valence-electron chi connectivity index (χ1n) is 3.94. The van der Waals surface area contributed by atoms with Crippen molar-refractivity contribution in [3.63, 3.8) is 0 Å².